The van der Waals surface area contributed by atoms with Crippen molar-refractivity contribution in [1.29, 1.82) is 0 Å². The van der Waals surface area contributed by atoms with Crippen molar-refractivity contribution >= 4 is 17.3 Å². The molecule has 0 atom stereocenters. The third-order valence-electron chi connectivity index (χ3n) is 3.22. The van der Waals surface area contributed by atoms with E-state index in [0.717, 1.165) is 4.88 Å². The van der Waals surface area contributed by atoms with Gasteiger partial charge in [-0.1, -0.05) is 12.1 Å². The second kappa shape index (κ2) is 6.61. The Morgan fingerprint density at radius 3 is 3.00 bits per heavy atom. The zero-order chi connectivity index (χ0) is 17.1. The van der Waals surface area contributed by atoms with Gasteiger partial charge in [0.25, 0.3) is 11.8 Å². The molecule has 0 saturated heterocycles. The highest BCUT2D eigenvalue weighted by Gasteiger charge is 2.13. The summed E-state index contributed by atoms with van der Waals surface area (Å²) in [5, 5.41) is 20.6. The van der Waals surface area contributed by atoms with Crippen molar-refractivity contribution in [3.63, 3.8) is 0 Å². The Kier molecular flexibility index (Phi) is 4.01. The van der Waals surface area contributed by atoms with Crippen molar-refractivity contribution in [3.8, 4) is 16.5 Å². The van der Waals surface area contributed by atoms with E-state index in [0.29, 0.717) is 17.1 Å². The molecule has 4 aromatic rings. The summed E-state index contributed by atoms with van der Waals surface area (Å²) in [4.78, 5) is 13.1. The van der Waals surface area contributed by atoms with E-state index in [-0.39, 0.29) is 12.5 Å². The van der Waals surface area contributed by atoms with Crippen molar-refractivity contribution in [3.05, 3.63) is 59.6 Å². The average molecular weight is 354 g/mol. The van der Waals surface area contributed by atoms with Crippen LogP contribution in [0.3, 0.4) is 0 Å². The fourth-order valence-corrected chi connectivity index (χ4v) is 2.72. The molecule has 0 aliphatic heterocycles. The van der Waals surface area contributed by atoms with Gasteiger partial charge in [-0.05, 0) is 40.1 Å². The van der Waals surface area contributed by atoms with Crippen molar-refractivity contribution < 1.29 is 13.9 Å². The number of hydrogen-bond acceptors (Lipinski definition) is 9. The highest BCUT2D eigenvalue weighted by molar-refractivity contribution is 7.13. The van der Waals surface area contributed by atoms with Crippen molar-refractivity contribution in [2.24, 2.45) is 0 Å². The Hall–Kier alpha value is -3.40. The largest absolute Gasteiger partial charge is 0.452 e. The summed E-state index contributed by atoms with van der Waals surface area (Å²) in [7, 11) is 0. The van der Waals surface area contributed by atoms with E-state index in [1.54, 1.807) is 24.3 Å². The van der Waals surface area contributed by atoms with Gasteiger partial charge in [0, 0.05) is 0 Å². The molecular formula is C15H10N6O3S. The fourth-order valence-electron chi connectivity index (χ4n) is 2.08. The minimum Gasteiger partial charge on any atom is -0.452 e. The van der Waals surface area contributed by atoms with Crippen LogP contribution in [0.4, 0.5) is 0 Å². The molecule has 0 radical (unpaired) electrons. The van der Waals surface area contributed by atoms with Gasteiger partial charge >= 0.3 is 5.97 Å². The van der Waals surface area contributed by atoms with Gasteiger partial charge in [-0.2, -0.15) is 0 Å². The van der Waals surface area contributed by atoms with E-state index in [1.165, 1.54) is 22.3 Å². The van der Waals surface area contributed by atoms with Crippen LogP contribution in [-0.2, 0) is 11.3 Å². The lowest BCUT2D eigenvalue weighted by molar-refractivity contribution is 0.0438. The molecule has 124 valence electrons. The molecule has 0 spiro atoms. The molecular weight excluding hydrogens is 344 g/mol. The zero-order valence-corrected chi connectivity index (χ0v) is 13.5. The molecule has 3 heterocycles. The van der Waals surface area contributed by atoms with Gasteiger partial charge < -0.3 is 9.15 Å². The molecule has 25 heavy (non-hydrogen) atoms. The van der Waals surface area contributed by atoms with Gasteiger partial charge in [0.15, 0.2) is 6.61 Å². The van der Waals surface area contributed by atoms with E-state index in [2.05, 4.69) is 25.7 Å². The lowest BCUT2D eigenvalue weighted by Crippen LogP contribution is -2.06. The van der Waals surface area contributed by atoms with E-state index < -0.39 is 5.97 Å². The number of esters is 1. The van der Waals surface area contributed by atoms with Gasteiger partial charge in [0.05, 0.1) is 16.1 Å². The van der Waals surface area contributed by atoms with Crippen LogP contribution in [0.25, 0.3) is 16.5 Å². The number of carbonyl (C=O) groups is 1. The first-order valence-electron chi connectivity index (χ1n) is 7.16. The van der Waals surface area contributed by atoms with Gasteiger partial charge in [0.1, 0.15) is 6.33 Å². The predicted molar refractivity (Wildman–Crippen MR) is 85.9 cm³/mol. The summed E-state index contributed by atoms with van der Waals surface area (Å²) >= 11 is 1.49. The van der Waals surface area contributed by atoms with Crippen molar-refractivity contribution in [1.82, 2.24) is 30.4 Å². The third-order valence-corrected chi connectivity index (χ3v) is 4.08. The van der Waals surface area contributed by atoms with Gasteiger partial charge in [-0.25, -0.2) is 9.48 Å². The van der Waals surface area contributed by atoms with E-state index in [1.807, 2.05) is 17.5 Å². The van der Waals surface area contributed by atoms with Crippen LogP contribution in [0, 0.1) is 0 Å². The van der Waals surface area contributed by atoms with E-state index in [4.69, 9.17) is 9.15 Å². The Labute approximate surface area is 144 Å². The molecule has 0 aliphatic carbocycles. The summed E-state index contributed by atoms with van der Waals surface area (Å²) in [6.07, 6.45) is 1.44. The molecule has 0 amide bonds. The van der Waals surface area contributed by atoms with Crippen LogP contribution in [0.2, 0.25) is 0 Å². The summed E-state index contributed by atoms with van der Waals surface area (Å²) in [6.45, 7) is -0.105. The first-order chi connectivity index (χ1) is 12.3. The number of tetrazole rings is 1. The minimum absolute atomic E-state index is 0.105. The lowest BCUT2D eigenvalue weighted by atomic mass is 10.2. The number of aromatic nitrogens is 6. The molecule has 3 aromatic heterocycles. The first-order valence-corrected chi connectivity index (χ1v) is 8.04. The smallest absolute Gasteiger partial charge is 0.338 e. The fraction of sp³-hybridized carbons (Fsp3) is 0.0667. The SMILES string of the molecule is O=C(OCc1nnc(-c2cccs2)o1)c1cccc(-n2cnnn2)c1. The first kappa shape index (κ1) is 15.1. The highest BCUT2D eigenvalue weighted by atomic mass is 32.1. The average Bonchev–Trinajstić information content (AvgIpc) is 3.42. The molecule has 4 rings (SSSR count). The van der Waals surface area contributed by atoms with Gasteiger partial charge in [-0.15, -0.1) is 26.6 Å². The zero-order valence-electron chi connectivity index (χ0n) is 12.6. The highest BCUT2D eigenvalue weighted by Crippen LogP contribution is 2.23. The lowest BCUT2D eigenvalue weighted by Gasteiger charge is -2.04. The maximum absolute atomic E-state index is 12.2. The van der Waals surface area contributed by atoms with E-state index >= 15 is 0 Å². The second-order valence-corrected chi connectivity index (χ2v) is 5.81. The van der Waals surface area contributed by atoms with Crippen LogP contribution in [0.15, 0.2) is 52.5 Å². The molecule has 0 fully saturated rings. The number of benzene rings is 1. The molecule has 0 saturated carbocycles. The number of nitrogens with zero attached hydrogens (tertiary/aromatic N) is 6. The number of carbonyl (C=O) groups excluding carboxylic acids is 1. The molecule has 10 heteroatoms. The Morgan fingerprint density at radius 1 is 1.24 bits per heavy atom. The van der Waals surface area contributed by atoms with Crippen LogP contribution in [0.1, 0.15) is 16.2 Å². The normalized spacial score (nSPS) is 10.7. The number of ether oxygens (including phenoxy) is 1. The minimum atomic E-state index is -0.509. The van der Waals surface area contributed by atoms with Gasteiger partial charge in [0.2, 0.25) is 0 Å². The maximum Gasteiger partial charge on any atom is 0.338 e. The maximum atomic E-state index is 12.2. The monoisotopic (exact) mass is 354 g/mol. The molecule has 0 bridgehead atoms. The molecule has 1 aromatic carbocycles. The van der Waals surface area contributed by atoms with Crippen molar-refractivity contribution in [2.45, 2.75) is 6.61 Å². The van der Waals surface area contributed by atoms with Gasteiger partial charge in [-0.3, -0.25) is 0 Å². The standard InChI is InChI=1S/C15H10N6O3S/c22-15(10-3-1-4-11(7-10)21-9-16-19-20-21)23-8-13-17-18-14(24-13)12-5-2-6-25-12/h1-7,9H,8H2. The van der Waals surface area contributed by atoms with Crippen LogP contribution < -0.4 is 0 Å². The Bertz CT molecular complexity index is 981. The Balaban J connectivity index is 1.43. The number of rotatable bonds is 5. The summed E-state index contributed by atoms with van der Waals surface area (Å²) in [5.41, 5.74) is 1.02. The third kappa shape index (κ3) is 3.28. The summed E-state index contributed by atoms with van der Waals surface area (Å²) < 4.78 is 12.1. The second-order valence-electron chi connectivity index (χ2n) is 4.86. The molecule has 0 N–H and O–H groups in total. The van der Waals surface area contributed by atoms with Crippen LogP contribution >= 0.6 is 11.3 Å². The summed E-state index contributed by atoms with van der Waals surface area (Å²) in [6, 6.07) is 10.5. The predicted octanol–water partition coefficient (Wildman–Crippen LogP) is 2.13. The van der Waals surface area contributed by atoms with Crippen molar-refractivity contribution in [2.75, 3.05) is 0 Å². The topological polar surface area (TPSA) is 109 Å². The van der Waals surface area contributed by atoms with Crippen LogP contribution in [0.5, 0.6) is 0 Å². The number of thiophene rings is 1. The summed E-state index contributed by atoms with van der Waals surface area (Å²) in [5.74, 6) is 0.126. The number of hydrogen-bond donors (Lipinski definition) is 0. The molecule has 0 unspecified atom stereocenters. The van der Waals surface area contributed by atoms with Crippen LogP contribution in [-0.4, -0.2) is 36.4 Å². The molecule has 9 nitrogen and oxygen atoms in total. The Morgan fingerprint density at radius 2 is 2.20 bits per heavy atom. The quantitative estimate of drug-likeness (QED) is 0.501. The molecule has 0 aliphatic rings. The van der Waals surface area contributed by atoms with E-state index in [9.17, 15) is 4.79 Å².